The Kier molecular flexibility index (Phi) is 2.89. The fourth-order valence-corrected chi connectivity index (χ4v) is 2.06. The summed E-state index contributed by atoms with van der Waals surface area (Å²) in [4.78, 5) is 0. The Morgan fingerprint density at radius 1 is 1.23 bits per heavy atom. The minimum atomic E-state index is -0.0761. The minimum Gasteiger partial charge on any atom is -0.392 e. The van der Waals surface area contributed by atoms with Crippen LogP contribution < -0.4 is 5.32 Å². The molecule has 2 aliphatic rings. The first-order chi connectivity index (χ1) is 6.31. The summed E-state index contributed by atoms with van der Waals surface area (Å²) in [7, 11) is 0. The molecule has 0 aromatic rings. The first-order valence-electron chi connectivity index (χ1n) is 5.72. The van der Waals surface area contributed by atoms with E-state index in [1.54, 1.807) is 0 Å². The Morgan fingerprint density at radius 3 is 2.31 bits per heavy atom. The lowest BCUT2D eigenvalue weighted by Gasteiger charge is -2.18. The van der Waals surface area contributed by atoms with Gasteiger partial charge in [-0.25, -0.2) is 0 Å². The molecule has 2 nitrogen and oxygen atoms in total. The van der Waals surface area contributed by atoms with Gasteiger partial charge in [-0.3, -0.25) is 0 Å². The number of hydrogen-bond donors (Lipinski definition) is 2. The standard InChI is InChI=1S/C11H21NO/c1-2-10(8-3-4-8)12-7-11(13)9-5-6-9/h8-13H,2-7H2,1H3. The van der Waals surface area contributed by atoms with Gasteiger partial charge in [-0.1, -0.05) is 6.92 Å². The Morgan fingerprint density at radius 2 is 1.85 bits per heavy atom. The minimum absolute atomic E-state index is 0.0761. The van der Waals surface area contributed by atoms with E-state index in [4.69, 9.17) is 0 Å². The summed E-state index contributed by atoms with van der Waals surface area (Å²) < 4.78 is 0. The number of aliphatic hydroxyl groups excluding tert-OH is 1. The van der Waals surface area contributed by atoms with Gasteiger partial charge in [0.1, 0.15) is 0 Å². The van der Waals surface area contributed by atoms with E-state index in [0.29, 0.717) is 12.0 Å². The number of aliphatic hydroxyl groups is 1. The van der Waals surface area contributed by atoms with Gasteiger partial charge in [0, 0.05) is 12.6 Å². The van der Waals surface area contributed by atoms with Gasteiger partial charge in [0.05, 0.1) is 6.10 Å². The highest BCUT2D eigenvalue weighted by Gasteiger charge is 2.33. The monoisotopic (exact) mass is 183 g/mol. The van der Waals surface area contributed by atoms with Crippen LogP contribution in [0.4, 0.5) is 0 Å². The first kappa shape index (κ1) is 9.47. The third-order valence-electron chi connectivity index (χ3n) is 3.39. The molecule has 2 fully saturated rings. The van der Waals surface area contributed by atoms with Crippen molar-refractivity contribution in [3.8, 4) is 0 Å². The Hall–Kier alpha value is -0.0800. The molecular weight excluding hydrogens is 162 g/mol. The summed E-state index contributed by atoms with van der Waals surface area (Å²) in [6, 6.07) is 0.674. The molecule has 0 aliphatic heterocycles. The van der Waals surface area contributed by atoms with E-state index in [-0.39, 0.29) is 6.10 Å². The highest BCUT2D eigenvalue weighted by atomic mass is 16.3. The molecule has 2 aliphatic carbocycles. The third-order valence-corrected chi connectivity index (χ3v) is 3.39. The van der Waals surface area contributed by atoms with Gasteiger partial charge in [0.25, 0.3) is 0 Å². The lowest BCUT2D eigenvalue weighted by atomic mass is 10.1. The summed E-state index contributed by atoms with van der Waals surface area (Å²) >= 11 is 0. The van der Waals surface area contributed by atoms with Gasteiger partial charge in [-0.05, 0) is 43.9 Å². The number of nitrogens with one attached hydrogen (secondary N) is 1. The quantitative estimate of drug-likeness (QED) is 0.654. The topological polar surface area (TPSA) is 32.3 Å². The summed E-state index contributed by atoms with van der Waals surface area (Å²) in [5.74, 6) is 1.53. The van der Waals surface area contributed by atoms with Gasteiger partial charge in [0.15, 0.2) is 0 Å². The second kappa shape index (κ2) is 3.97. The summed E-state index contributed by atoms with van der Waals surface area (Å²) in [5, 5.41) is 13.2. The van der Waals surface area contributed by atoms with E-state index < -0.39 is 0 Å². The van der Waals surface area contributed by atoms with Gasteiger partial charge in [0.2, 0.25) is 0 Å². The molecule has 76 valence electrons. The van der Waals surface area contributed by atoms with Crippen molar-refractivity contribution in [1.29, 1.82) is 0 Å². The molecule has 2 saturated carbocycles. The fourth-order valence-electron chi connectivity index (χ4n) is 2.06. The van der Waals surface area contributed by atoms with E-state index in [9.17, 15) is 5.11 Å². The molecule has 0 spiro atoms. The summed E-state index contributed by atoms with van der Waals surface area (Å²) in [6.07, 6.45) is 6.40. The summed E-state index contributed by atoms with van der Waals surface area (Å²) in [6.45, 7) is 3.05. The lowest BCUT2D eigenvalue weighted by molar-refractivity contribution is 0.143. The predicted octanol–water partition coefficient (Wildman–Crippen LogP) is 1.54. The van der Waals surface area contributed by atoms with E-state index >= 15 is 0 Å². The highest BCUT2D eigenvalue weighted by molar-refractivity contribution is 4.88. The van der Waals surface area contributed by atoms with Crippen molar-refractivity contribution < 1.29 is 5.11 Å². The molecule has 0 amide bonds. The van der Waals surface area contributed by atoms with Crippen LogP contribution in [0, 0.1) is 11.8 Å². The molecule has 0 radical (unpaired) electrons. The largest absolute Gasteiger partial charge is 0.392 e. The molecule has 13 heavy (non-hydrogen) atoms. The Labute approximate surface area is 80.7 Å². The van der Waals surface area contributed by atoms with E-state index in [1.807, 2.05) is 0 Å². The fraction of sp³-hybridized carbons (Fsp3) is 1.00. The predicted molar refractivity (Wildman–Crippen MR) is 53.5 cm³/mol. The molecule has 2 N–H and O–H groups in total. The van der Waals surface area contributed by atoms with Crippen LogP contribution in [0.15, 0.2) is 0 Å². The van der Waals surface area contributed by atoms with Crippen molar-refractivity contribution in [3.05, 3.63) is 0 Å². The van der Waals surface area contributed by atoms with Crippen LogP contribution in [0.1, 0.15) is 39.0 Å². The van der Waals surface area contributed by atoms with Crippen molar-refractivity contribution in [3.63, 3.8) is 0 Å². The molecule has 0 saturated heterocycles. The Bertz CT molecular complexity index is 163. The molecular formula is C11H21NO. The van der Waals surface area contributed by atoms with Crippen LogP contribution in [0.25, 0.3) is 0 Å². The van der Waals surface area contributed by atoms with Crippen molar-refractivity contribution >= 4 is 0 Å². The number of rotatable bonds is 6. The van der Waals surface area contributed by atoms with Crippen LogP contribution in [0.3, 0.4) is 0 Å². The Balaban J connectivity index is 1.63. The van der Waals surface area contributed by atoms with E-state index in [0.717, 1.165) is 12.5 Å². The zero-order valence-corrected chi connectivity index (χ0v) is 8.50. The van der Waals surface area contributed by atoms with Crippen LogP contribution in [0.5, 0.6) is 0 Å². The average Bonchev–Trinajstić information content (AvgIpc) is 2.98. The second-order valence-electron chi connectivity index (χ2n) is 4.67. The smallest absolute Gasteiger partial charge is 0.0692 e. The molecule has 0 aromatic heterocycles. The second-order valence-corrected chi connectivity index (χ2v) is 4.67. The van der Waals surface area contributed by atoms with Crippen LogP contribution in [0.2, 0.25) is 0 Å². The van der Waals surface area contributed by atoms with E-state index in [1.165, 1.54) is 32.1 Å². The van der Waals surface area contributed by atoms with E-state index in [2.05, 4.69) is 12.2 Å². The maximum atomic E-state index is 9.67. The molecule has 2 atom stereocenters. The first-order valence-corrected chi connectivity index (χ1v) is 5.72. The highest BCUT2D eigenvalue weighted by Crippen LogP contribution is 2.35. The van der Waals surface area contributed by atoms with Crippen molar-refractivity contribution in [2.24, 2.45) is 11.8 Å². The average molecular weight is 183 g/mol. The molecule has 0 heterocycles. The molecule has 2 rings (SSSR count). The van der Waals surface area contributed by atoms with Gasteiger partial charge in [-0.15, -0.1) is 0 Å². The lowest BCUT2D eigenvalue weighted by Crippen LogP contribution is -2.37. The van der Waals surface area contributed by atoms with Crippen LogP contribution >= 0.6 is 0 Å². The zero-order chi connectivity index (χ0) is 9.26. The molecule has 2 unspecified atom stereocenters. The molecule has 0 aromatic carbocycles. The van der Waals surface area contributed by atoms with Crippen molar-refractivity contribution in [1.82, 2.24) is 5.32 Å². The van der Waals surface area contributed by atoms with Crippen LogP contribution in [-0.2, 0) is 0 Å². The van der Waals surface area contributed by atoms with Crippen LogP contribution in [-0.4, -0.2) is 23.8 Å². The number of hydrogen-bond acceptors (Lipinski definition) is 2. The molecule has 0 bridgehead atoms. The van der Waals surface area contributed by atoms with Gasteiger partial charge >= 0.3 is 0 Å². The SMILES string of the molecule is CCC(NCC(O)C1CC1)C1CC1. The van der Waals surface area contributed by atoms with Crippen molar-refractivity contribution in [2.45, 2.75) is 51.2 Å². The van der Waals surface area contributed by atoms with Gasteiger partial charge < -0.3 is 10.4 Å². The molecule has 2 heteroatoms. The van der Waals surface area contributed by atoms with Crippen molar-refractivity contribution in [2.75, 3.05) is 6.54 Å². The maximum absolute atomic E-state index is 9.67. The zero-order valence-electron chi connectivity index (χ0n) is 8.50. The third kappa shape index (κ3) is 2.68. The summed E-state index contributed by atoms with van der Waals surface area (Å²) in [5.41, 5.74) is 0. The normalized spacial score (nSPS) is 27.2. The van der Waals surface area contributed by atoms with Gasteiger partial charge in [-0.2, -0.15) is 0 Å². The maximum Gasteiger partial charge on any atom is 0.0692 e.